The fraction of sp³-hybridized carbons (Fsp3) is 0.378. The van der Waals surface area contributed by atoms with E-state index in [4.69, 9.17) is 87.8 Å². The SMILES string of the molecule is CC(=O)N1CCn2c(-c3cc4ccccc4n3CC3CC3)nc3cc(C(=O)N4CCC[C@@H](N)C4)cc1c32.N[C@@H]1CCCN(C(=O)c2cc3c4c(c2)nc(-c2cc5ccc(F)c(Cl)c5n2CC2CC2)n4CCO3)C1.N[C@@H]1CCCN(C(=O)c2cc3c4c(c2)nc(-c2cc5cccc(Cl)c5n2Cc2cncnc2)n4CCO3)C1.N[C@@H]1CCCN(C(=S)c2cc3c4c(c2)nc(-c2cc5ccccc5n2CC2CC2)n4CCN3)C1. The first kappa shape index (κ1) is 92.5. The number of carbonyl (C=O) groups is 4. The van der Waals surface area contributed by atoms with Crippen molar-refractivity contribution >= 4 is 163 Å². The molecule has 4 amide bonds. The van der Waals surface area contributed by atoms with E-state index in [9.17, 15) is 23.6 Å². The minimum Gasteiger partial charge on any atom is -0.489 e. The number of rotatable bonds is 16. The topological polar surface area (TPSA) is 336 Å². The molecule has 9 aromatic heterocycles. The van der Waals surface area contributed by atoms with Crippen LogP contribution in [-0.2, 0) is 57.2 Å². The number of thiocarbonyl (C=S) groups is 1. The van der Waals surface area contributed by atoms with Gasteiger partial charge in [-0.1, -0.05) is 84.0 Å². The van der Waals surface area contributed by atoms with Crippen molar-refractivity contribution in [3.05, 3.63) is 214 Å². The van der Waals surface area contributed by atoms with Crippen LogP contribution in [0.15, 0.2) is 170 Å². The number of amides is 4. The highest BCUT2D eigenvalue weighted by atomic mass is 35.5. The monoisotopic (exact) mass is 2000 g/mol. The number of anilines is 2. The number of hydrogen-bond donors (Lipinski definition) is 5. The Morgan fingerprint density at radius 2 is 0.862 bits per heavy atom. The fourth-order valence-electron chi connectivity index (χ4n) is 23.4. The Morgan fingerprint density at radius 1 is 0.428 bits per heavy atom. The number of ether oxygens (including phenoxy) is 2. The van der Waals surface area contributed by atoms with E-state index in [0.29, 0.717) is 141 Å². The number of benzene rings is 8. The number of nitrogens with two attached hydrogens (primary N) is 4. The Bertz CT molecular complexity index is 8100. The number of imidazole rings is 4. The Hall–Kier alpha value is -13.6. The number of likely N-dealkylation sites (tertiary alicyclic amines) is 4. The molecule has 0 spiro atoms. The summed E-state index contributed by atoms with van der Waals surface area (Å²) in [6.45, 7) is 15.9. The second-order valence-corrected chi connectivity index (χ2v) is 42.6. The van der Waals surface area contributed by atoms with Crippen molar-refractivity contribution in [2.24, 2.45) is 40.7 Å². The molecule has 4 atom stereocenters. The molecule has 28 rings (SSSR count). The number of hydrogen-bond acceptors (Lipinski definition) is 18. The predicted molar refractivity (Wildman–Crippen MR) is 569 cm³/mol. The lowest BCUT2D eigenvalue weighted by molar-refractivity contribution is -0.116. The van der Waals surface area contributed by atoms with Gasteiger partial charge in [0.1, 0.15) is 57.9 Å². The molecule has 17 heterocycles. The first-order valence-electron chi connectivity index (χ1n) is 51.5. The van der Waals surface area contributed by atoms with Crippen molar-refractivity contribution in [1.29, 1.82) is 0 Å². The molecule has 11 aliphatic rings. The van der Waals surface area contributed by atoms with Crippen LogP contribution in [0.25, 0.3) is 134 Å². The number of carbonyl (C=O) groups excluding carboxylic acids is 4. The van der Waals surface area contributed by atoms with Crippen LogP contribution >= 0.6 is 35.4 Å². The Labute approximate surface area is 851 Å². The molecule has 3 saturated carbocycles. The van der Waals surface area contributed by atoms with Crippen LogP contribution in [0.3, 0.4) is 0 Å². The van der Waals surface area contributed by atoms with Gasteiger partial charge in [0.2, 0.25) is 5.91 Å². The molecule has 0 bridgehead atoms. The molecule has 30 nitrogen and oxygen atoms in total. The first-order chi connectivity index (χ1) is 70.7. The van der Waals surface area contributed by atoms with Crippen LogP contribution in [0.5, 0.6) is 11.5 Å². The van der Waals surface area contributed by atoms with E-state index in [2.05, 4.69) is 142 Å². The van der Waals surface area contributed by atoms with Gasteiger partial charge in [0.05, 0.1) is 103 Å². The maximum absolute atomic E-state index is 14.4. The van der Waals surface area contributed by atoms with E-state index in [1.807, 2.05) is 81.7 Å². The van der Waals surface area contributed by atoms with Crippen molar-refractivity contribution in [2.45, 2.75) is 173 Å². The number of para-hydroxylation sites is 3. The molecular formula is C111H115Cl2FN24O6S. The van der Waals surface area contributed by atoms with Gasteiger partial charge in [-0.25, -0.2) is 34.3 Å². The average Bonchev–Trinajstić information content (AvgIpc) is 1.60. The summed E-state index contributed by atoms with van der Waals surface area (Å²) in [4.78, 5) is 92.2. The molecule has 7 fully saturated rings. The lowest BCUT2D eigenvalue weighted by atomic mass is 10.0. The summed E-state index contributed by atoms with van der Waals surface area (Å²) in [7, 11) is 0. The molecule has 17 aromatic rings. The summed E-state index contributed by atoms with van der Waals surface area (Å²) >= 11 is 19.1. The Morgan fingerprint density at radius 3 is 1.38 bits per heavy atom. The number of fused-ring (bicyclic) bond motifs is 4. The summed E-state index contributed by atoms with van der Waals surface area (Å²) in [5.41, 5.74) is 45.7. The van der Waals surface area contributed by atoms with Crippen LogP contribution in [0.4, 0.5) is 15.8 Å². The van der Waals surface area contributed by atoms with Gasteiger partial charge in [-0.05, 0) is 211 Å². The van der Waals surface area contributed by atoms with Crippen LogP contribution in [0.1, 0.15) is 139 Å². The summed E-state index contributed by atoms with van der Waals surface area (Å²) in [6.07, 6.45) is 20.4. The summed E-state index contributed by atoms with van der Waals surface area (Å²) in [5.74, 6) is 6.40. The lowest BCUT2D eigenvalue weighted by Gasteiger charge is -2.33. The third-order valence-corrected chi connectivity index (χ3v) is 32.1. The summed E-state index contributed by atoms with van der Waals surface area (Å²) in [5, 5.41) is 8.82. The van der Waals surface area contributed by atoms with E-state index in [1.54, 1.807) is 17.9 Å². The lowest BCUT2D eigenvalue weighted by Crippen LogP contribution is -2.45. The minimum absolute atomic E-state index is 0.00713. The zero-order chi connectivity index (χ0) is 98.4. The van der Waals surface area contributed by atoms with Crippen molar-refractivity contribution in [2.75, 3.05) is 88.9 Å². The molecule has 8 aromatic carbocycles. The summed E-state index contributed by atoms with van der Waals surface area (Å²) < 4.78 is 44.7. The molecule has 145 heavy (non-hydrogen) atoms. The van der Waals surface area contributed by atoms with E-state index >= 15 is 0 Å². The number of nitrogens with one attached hydrogen (secondary N) is 1. The highest BCUT2D eigenvalue weighted by Crippen LogP contribution is 2.48. The highest BCUT2D eigenvalue weighted by Gasteiger charge is 2.38. The average molecular weight is 2000 g/mol. The molecule has 4 saturated heterocycles. The fourth-order valence-corrected chi connectivity index (χ4v) is 24.2. The maximum atomic E-state index is 14.4. The van der Waals surface area contributed by atoms with Gasteiger partial charge in [-0.2, -0.15) is 0 Å². The minimum atomic E-state index is -0.420. The normalized spacial score (nSPS) is 19.2. The van der Waals surface area contributed by atoms with E-state index in [1.165, 1.54) is 71.1 Å². The molecule has 9 N–H and O–H groups in total. The van der Waals surface area contributed by atoms with Gasteiger partial charge >= 0.3 is 0 Å². The van der Waals surface area contributed by atoms with Gasteiger partial charge in [0.25, 0.3) is 17.7 Å². The van der Waals surface area contributed by atoms with E-state index < -0.39 is 5.82 Å². The van der Waals surface area contributed by atoms with Crippen LogP contribution in [0, 0.1) is 23.6 Å². The number of nitrogens with zero attached hydrogens (tertiary/aromatic N) is 19. The zero-order valence-electron chi connectivity index (χ0n) is 81.0. The highest BCUT2D eigenvalue weighted by molar-refractivity contribution is 7.80. The molecule has 3 aliphatic carbocycles. The largest absolute Gasteiger partial charge is 0.489 e. The standard InChI is InChI=1S/C29H32N6O2.C28H26ClN7O2.C27H27ClFN5O2.C27H30N6S/c1-18(36)33-11-12-34-27-23(13-21(15-25(27)33)29(37)32-10-4-6-22(30)17-32)31-28(34)26-14-20-5-2-3-7-24(20)35(26)16-19-8-9-19;29-21-5-1-3-18-10-23(36(25(18)21)14-17-12-31-16-32-13-17)27-33-22-9-19(11-24-26(22)35(27)7-8-38-24)28(37)34-6-2-4-20(30)15-34;28-23-19(29)6-5-16-11-21(34(24(16)23)13-15-3-4-15)26-31-20-10-17(12-22-25(20)33(26)8-9-36-22)27(35)32-7-1-2-18(30)14-32;28-20-5-3-10-31(16-20)27(34)19-12-21-25-22(13-19)30-26(32(25)11-9-29-21)24-14-18-4-1-2-6-23(18)33(24)15-17-7-8-17/h2-3,5,7,13-15,19,22H,4,6,8-12,16-17,30H2,1H3;1,3,5,9-13,16,20H,2,4,6-8,14-15,30H2;5-6,10-12,15,18H,1-4,7-9,13-14,30H2;1-2,4,6,12-14,17,20,29H,3,5,7-11,15-16,28H2/t22-;20-;18-;20-/m1111/s1. The quantitative estimate of drug-likeness (QED) is 0.0561. The van der Waals surface area contributed by atoms with Crippen molar-refractivity contribution in [1.82, 2.24) is 86.0 Å². The van der Waals surface area contributed by atoms with Crippen molar-refractivity contribution < 1.29 is 33.0 Å². The second-order valence-electron chi connectivity index (χ2n) is 41.4. The second kappa shape index (κ2) is 37.8. The predicted octanol–water partition coefficient (Wildman–Crippen LogP) is 17.5. The number of aromatic nitrogens is 14. The van der Waals surface area contributed by atoms with Crippen molar-refractivity contribution in [3.63, 3.8) is 0 Å². The van der Waals surface area contributed by atoms with E-state index in [0.717, 1.165) is 233 Å². The number of piperidine rings is 4. The van der Waals surface area contributed by atoms with Gasteiger partial charge in [-0.15, -0.1) is 0 Å². The smallest absolute Gasteiger partial charge is 0.254 e. The van der Waals surface area contributed by atoms with Crippen LogP contribution in [-0.4, -0.2) is 217 Å². The van der Waals surface area contributed by atoms with Gasteiger partial charge in [0, 0.05) is 202 Å². The van der Waals surface area contributed by atoms with Gasteiger partial charge in [0.15, 0.2) is 23.3 Å². The third kappa shape index (κ3) is 17.4. The molecule has 34 heteroatoms. The Kier molecular flexibility index (Phi) is 24.1. The van der Waals surface area contributed by atoms with Crippen LogP contribution < -0.4 is 42.6 Å². The Balaban J connectivity index is 0.000000101. The maximum Gasteiger partial charge on any atom is 0.254 e. The molecule has 8 aliphatic heterocycles. The first-order valence-corrected chi connectivity index (χ1v) is 52.6. The van der Waals surface area contributed by atoms with Gasteiger partial charge in [-0.3, -0.25) is 19.2 Å². The zero-order valence-corrected chi connectivity index (χ0v) is 83.4. The molecular weight excluding hydrogens is 1890 g/mol. The van der Waals surface area contributed by atoms with Crippen LogP contribution in [0.2, 0.25) is 10.0 Å². The van der Waals surface area contributed by atoms with Gasteiger partial charge < -0.3 is 98.8 Å². The number of halogens is 3. The third-order valence-electron chi connectivity index (χ3n) is 31.0. The van der Waals surface area contributed by atoms with Crippen molar-refractivity contribution in [3.8, 4) is 57.6 Å². The molecule has 0 unspecified atom stereocenters. The van der Waals surface area contributed by atoms with E-state index in [-0.39, 0.29) is 52.8 Å². The summed E-state index contributed by atoms with van der Waals surface area (Å²) in [6, 6.07) is 50.9. The molecule has 0 radical (unpaired) electrons. The molecule has 742 valence electrons.